The molecule has 0 aliphatic heterocycles. The van der Waals surface area contributed by atoms with Crippen molar-refractivity contribution in [1.82, 2.24) is 0 Å². The minimum Gasteiger partial charge on any atom is -0.293 e. The van der Waals surface area contributed by atoms with E-state index in [1.54, 1.807) is 0 Å². The zero-order valence-electron chi connectivity index (χ0n) is 10.7. The molecule has 0 radical (unpaired) electrons. The highest BCUT2D eigenvalue weighted by Crippen LogP contribution is 2.16. The average molecular weight is 215 g/mol. The van der Waals surface area contributed by atoms with Gasteiger partial charge in [-0.05, 0) is 43.0 Å². The Morgan fingerprint density at radius 3 is 2.69 bits per heavy atom. The first-order valence-electron chi connectivity index (χ1n) is 5.88. The molecule has 0 amide bonds. The summed E-state index contributed by atoms with van der Waals surface area (Å²) in [5, 5.41) is 0. The van der Waals surface area contributed by atoms with Gasteiger partial charge in [0.15, 0.2) is 0 Å². The molecule has 0 N–H and O–H groups in total. The van der Waals surface area contributed by atoms with Gasteiger partial charge in [-0.15, -0.1) is 0 Å². The molecule has 0 atom stereocenters. The van der Waals surface area contributed by atoms with Crippen LogP contribution in [0, 0.1) is 0 Å². The third kappa shape index (κ3) is 3.65. The summed E-state index contributed by atoms with van der Waals surface area (Å²) in [6.07, 6.45) is 4.48. The molecular weight excluding hydrogens is 194 g/mol. The Balaban J connectivity index is 2.95. The number of hydrogen-bond acceptors (Lipinski definition) is 1. The van der Waals surface area contributed by atoms with Gasteiger partial charge in [-0.3, -0.25) is 4.99 Å². The summed E-state index contributed by atoms with van der Waals surface area (Å²) in [5.74, 6) is 0. The number of aliphatic imine (C=N–C) groups is 1. The van der Waals surface area contributed by atoms with E-state index in [4.69, 9.17) is 0 Å². The van der Waals surface area contributed by atoms with E-state index in [1.165, 1.54) is 23.1 Å². The lowest BCUT2D eigenvalue weighted by Gasteiger charge is -2.05. The first-order chi connectivity index (χ1) is 7.67. The van der Waals surface area contributed by atoms with Crippen LogP contribution in [0.5, 0.6) is 0 Å². The third-order valence-electron chi connectivity index (χ3n) is 2.70. The van der Waals surface area contributed by atoms with Gasteiger partial charge in [0.05, 0.1) is 0 Å². The maximum absolute atomic E-state index is 4.15. The van der Waals surface area contributed by atoms with Crippen LogP contribution in [-0.2, 0) is 6.42 Å². The van der Waals surface area contributed by atoms with Crippen molar-refractivity contribution >= 4 is 11.3 Å². The van der Waals surface area contributed by atoms with Crippen LogP contribution in [0.3, 0.4) is 0 Å². The van der Waals surface area contributed by atoms with Gasteiger partial charge in [-0.1, -0.05) is 37.6 Å². The van der Waals surface area contributed by atoms with Crippen molar-refractivity contribution in [3.63, 3.8) is 0 Å². The fourth-order valence-corrected chi connectivity index (χ4v) is 1.72. The Hall–Kier alpha value is -1.37. The fraction of sp³-hybridized carbons (Fsp3) is 0.400. The number of aryl methyl sites for hydroxylation is 1. The van der Waals surface area contributed by atoms with Gasteiger partial charge in [0.1, 0.15) is 0 Å². The van der Waals surface area contributed by atoms with Crippen molar-refractivity contribution in [2.75, 3.05) is 7.05 Å². The normalized spacial score (nSPS) is 13.0. The predicted molar refractivity (Wildman–Crippen MR) is 73.1 cm³/mol. The van der Waals surface area contributed by atoms with Crippen molar-refractivity contribution in [2.24, 2.45) is 4.99 Å². The van der Waals surface area contributed by atoms with Crippen LogP contribution in [0.2, 0.25) is 0 Å². The van der Waals surface area contributed by atoms with Crippen molar-refractivity contribution in [2.45, 2.75) is 33.6 Å². The van der Waals surface area contributed by atoms with Gasteiger partial charge in [0, 0.05) is 12.8 Å². The van der Waals surface area contributed by atoms with Gasteiger partial charge in [-0.2, -0.15) is 0 Å². The monoisotopic (exact) mass is 215 g/mol. The molecule has 1 heteroatoms. The minimum atomic E-state index is 1.07. The number of benzene rings is 1. The van der Waals surface area contributed by atoms with Gasteiger partial charge in [-0.25, -0.2) is 0 Å². The van der Waals surface area contributed by atoms with E-state index in [0.29, 0.717) is 0 Å². The molecule has 0 aromatic heterocycles. The van der Waals surface area contributed by atoms with Crippen LogP contribution < -0.4 is 0 Å². The lowest BCUT2D eigenvalue weighted by atomic mass is 10.0. The van der Waals surface area contributed by atoms with E-state index >= 15 is 0 Å². The lowest BCUT2D eigenvalue weighted by Crippen LogP contribution is -1.89. The van der Waals surface area contributed by atoms with Gasteiger partial charge in [0.25, 0.3) is 0 Å². The summed E-state index contributed by atoms with van der Waals surface area (Å²) in [4.78, 5) is 4.15. The zero-order valence-corrected chi connectivity index (χ0v) is 10.7. The first kappa shape index (κ1) is 12.7. The first-order valence-corrected chi connectivity index (χ1v) is 5.88. The summed E-state index contributed by atoms with van der Waals surface area (Å²) in [5.41, 5.74) is 5.06. The highest BCUT2D eigenvalue weighted by Gasteiger charge is 1.98. The molecular formula is C15H21N. The Bertz CT molecular complexity index is 400. The van der Waals surface area contributed by atoms with Crippen LogP contribution in [0.15, 0.2) is 35.3 Å². The topological polar surface area (TPSA) is 12.4 Å². The standard InChI is InChI=1S/C15H21N/c1-5-7-14-8-6-9-15(11-14)12(2)10-13(3)16-4/h6,8-11H,5,7H2,1-4H3/b12-10+,16-13?. The molecule has 1 aromatic carbocycles. The lowest BCUT2D eigenvalue weighted by molar-refractivity contribution is 0.921. The maximum Gasteiger partial charge on any atom is 0.0316 e. The second kappa shape index (κ2) is 6.26. The molecule has 0 heterocycles. The number of rotatable bonds is 4. The Kier molecular flexibility index (Phi) is 4.97. The van der Waals surface area contributed by atoms with Crippen molar-refractivity contribution in [3.05, 3.63) is 41.5 Å². The maximum atomic E-state index is 4.15. The van der Waals surface area contributed by atoms with E-state index in [9.17, 15) is 0 Å². The number of allylic oxidation sites excluding steroid dienone is 2. The molecule has 1 aromatic rings. The molecule has 86 valence electrons. The third-order valence-corrected chi connectivity index (χ3v) is 2.70. The second-order valence-electron chi connectivity index (χ2n) is 4.14. The summed E-state index contributed by atoms with van der Waals surface area (Å²) in [6.45, 7) is 6.38. The Labute approximate surface area is 98.9 Å². The summed E-state index contributed by atoms with van der Waals surface area (Å²) in [7, 11) is 1.83. The predicted octanol–water partition coefficient (Wildman–Crippen LogP) is 4.13. The second-order valence-corrected chi connectivity index (χ2v) is 4.14. The van der Waals surface area contributed by atoms with Crippen LogP contribution in [-0.4, -0.2) is 12.8 Å². The highest BCUT2D eigenvalue weighted by molar-refractivity contribution is 5.98. The molecule has 16 heavy (non-hydrogen) atoms. The number of nitrogens with zero attached hydrogens (tertiary/aromatic N) is 1. The molecule has 0 aliphatic carbocycles. The van der Waals surface area contributed by atoms with Crippen molar-refractivity contribution in [3.8, 4) is 0 Å². The quantitative estimate of drug-likeness (QED) is 0.670. The highest BCUT2D eigenvalue weighted by atomic mass is 14.7. The van der Waals surface area contributed by atoms with E-state index in [1.807, 2.05) is 14.0 Å². The summed E-state index contributed by atoms with van der Waals surface area (Å²) in [6, 6.07) is 8.77. The summed E-state index contributed by atoms with van der Waals surface area (Å²) < 4.78 is 0. The Morgan fingerprint density at radius 1 is 1.31 bits per heavy atom. The zero-order chi connectivity index (χ0) is 12.0. The van der Waals surface area contributed by atoms with Crippen LogP contribution in [0.25, 0.3) is 5.57 Å². The Morgan fingerprint density at radius 2 is 2.06 bits per heavy atom. The fourth-order valence-electron chi connectivity index (χ4n) is 1.72. The molecule has 0 aliphatic rings. The molecule has 0 bridgehead atoms. The molecule has 0 unspecified atom stereocenters. The SMILES string of the molecule is CCCc1cccc(/C(C)=C/C(C)=NC)c1. The summed E-state index contributed by atoms with van der Waals surface area (Å²) >= 11 is 0. The number of hydrogen-bond donors (Lipinski definition) is 0. The molecule has 0 saturated heterocycles. The smallest absolute Gasteiger partial charge is 0.0316 e. The molecule has 0 spiro atoms. The van der Waals surface area contributed by atoms with Crippen LogP contribution in [0.1, 0.15) is 38.3 Å². The van der Waals surface area contributed by atoms with Gasteiger partial charge >= 0.3 is 0 Å². The van der Waals surface area contributed by atoms with Gasteiger partial charge in [0.2, 0.25) is 0 Å². The van der Waals surface area contributed by atoms with E-state index in [2.05, 4.69) is 49.2 Å². The molecule has 0 fully saturated rings. The minimum absolute atomic E-state index is 1.07. The van der Waals surface area contributed by atoms with Crippen LogP contribution in [0.4, 0.5) is 0 Å². The van der Waals surface area contributed by atoms with Crippen LogP contribution >= 0.6 is 0 Å². The largest absolute Gasteiger partial charge is 0.293 e. The van der Waals surface area contributed by atoms with Crippen molar-refractivity contribution < 1.29 is 0 Å². The van der Waals surface area contributed by atoms with Gasteiger partial charge < -0.3 is 0 Å². The average Bonchev–Trinajstić information content (AvgIpc) is 2.29. The molecule has 1 nitrogen and oxygen atoms in total. The van der Waals surface area contributed by atoms with E-state index in [0.717, 1.165) is 12.1 Å². The van der Waals surface area contributed by atoms with Crippen molar-refractivity contribution in [1.29, 1.82) is 0 Å². The molecule has 0 saturated carbocycles. The van der Waals surface area contributed by atoms with E-state index < -0.39 is 0 Å². The molecule has 1 rings (SSSR count). The van der Waals surface area contributed by atoms with E-state index in [-0.39, 0.29) is 0 Å².